The van der Waals surface area contributed by atoms with E-state index in [0.29, 0.717) is 12.5 Å². The first-order valence-electron chi connectivity index (χ1n) is 6.32. The van der Waals surface area contributed by atoms with Crippen molar-refractivity contribution in [3.8, 4) is 0 Å². The highest BCUT2D eigenvalue weighted by atomic mass is 19.4. The molecule has 2 N–H and O–H groups in total. The number of aliphatic hydroxyl groups is 1. The highest BCUT2D eigenvalue weighted by molar-refractivity contribution is 5.95. The molecule has 0 unspecified atom stereocenters. The topological polar surface area (TPSA) is 49.3 Å². The Morgan fingerprint density at radius 3 is 2.43 bits per heavy atom. The molecule has 1 amide bonds. The average Bonchev–Trinajstić information content (AvgIpc) is 2.35. The lowest BCUT2D eigenvalue weighted by Gasteiger charge is -2.24. The van der Waals surface area contributed by atoms with E-state index in [1.165, 1.54) is 0 Å². The zero-order chi connectivity index (χ0) is 16.3. The Hall–Kier alpha value is -1.63. The minimum absolute atomic E-state index is 0.0901. The Bertz CT molecular complexity index is 512. The predicted molar refractivity (Wildman–Crippen MR) is 69.2 cm³/mol. The third kappa shape index (κ3) is 5.00. The molecule has 0 heterocycles. The number of aliphatic hydroxyl groups excluding tert-OH is 1. The molecular weight excluding hydrogens is 290 g/mol. The van der Waals surface area contributed by atoms with E-state index in [9.17, 15) is 22.4 Å². The molecule has 0 aliphatic carbocycles. The van der Waals surface area contributed by atoms with Gasteiger partial charge in [0.25, 0.3) is 5.91 Å². The van der Waals surface area contributed by atoms with Crippen molar-refractivity contribution in [2.45, 2.75) is 26.4 Å². The van der Waals surface area contributed by atoms with Crippen molar-refractivity contribution in [2.24, 2.45) is 5.41 Å². The Morgan fingerprint density at radius 1 is 1.29 bits per heavy atom. The summed E-state index contributed by atoms with van der Waals surface area (Å²) in [7, 11) is 0. The van der Waals surface area contributed by atoms with Crippen LogP contribution < -0.4 is 5.32 Å². The lowest BCUT2D eigenvalue weighted by Crippen LogP contribution is -2.35. The number of benzene rings is 1. The van der Waals surface area contributed by atoms with Crippen molar-refractivity contribution >= 4 is 5.91 Å². The fraction of sp³-hybridized carbons (Fsp3) is 0.500. The van der Waals surface area contributed by atoms with Gasteiger partial charge in [0, 0.05) is 13.2 Å². The van der Waals surface area contributed by atoms with Crippen LogP contribution in [0.25, 0.3) is 0 Å². The van der Waals surface area contributed by atoms with E-state index in [0.717, 1.165) is 12.1 Å². The van der Waals surface area contributed by atoms with Gasteiger partial charge in [0.15, 0.2) is 0 Å². The summed E-state index contributed by atoms with van der Waals surface area (Å²) in [6.45, 7) is 3.53. The number of hydrogen-bond donors (Lipinski definition) is 2. The van der Waals surface area contributed by atoms with Gasteiger partial charge in [0.1, 0.15) is 5.82 Å². The van der Waals surface area contributed by atoms with E-state index in [1.54, 1.807) is 13.8 Å². The average molecular weight is 307 g/mol. The Kier molecular flexibility index (Phi) is 5.33. The van der Waals surface area contributed by atoms with Crippen molar-refractivity contribution in [3.63, 3.8) is 0 Å². The van der Waals surface area contributed by atoms with Gasteiger partial charge in [-0.15, -0.1) is 0 Å². The summed E-state index contributed by atoms with van der Waals surface area (Å²) in [5.41, 5.74) is -2.38. The second-order valence-electron chi connectivity index (χ2n) is 5.51. The Labute approximate surface area is 120 Å². The minimum atomic E-state index is -4.81. The van der Waals surface area contributed by atoms with E-state index < -0.39 is 34.4 Å². The maximum absolute atomic E-state index is 13.0. The van der Waals surface area contributed by atoms with E-state index in [1.807, 2.05) is 0 Å². The van der Waals surface area contributed by atoms with E-state index >= 15 is 0 Å². The molecule has 0 saturated carbocycles. The van der Waals surface area contributed by atoms with Crippen LogP contribution in [0.15, 0.2) is 18.2 Å². The molecule has 1 aromatic carbocycles. The molecule has 0 bridgehead atoms. The van der Waals surface area contributed by atoms with Gasteiger partial charge in [-0.25, -0.2) is 4.39 Å². The third-order valence-corrected chi connectivity index (χ3v) is 3.05. The molecule has 1 aromatic rings. The highest BCUT2D eigenvalue weighted by Gasteiger charge is 2.35. The van der Waals surface area contributed by atoms with Gasteiger partial charge in [-0.2, -0.15) is 13.2 Å². The summed E-state index contributed by atoms with van der Waals surface area (Å²) >= 11 is 0. The van der Waals surface area contributed by atoms with Crippen LogP contribution in [0.5, 0.6) is 0 Å². The molecular formula is C14H17F4NO2. The second kappa shape index (κ2) is 6.43. The molecule has 3 nitrogen and oxygen atoms in total. The first-order chi connectivity index (χ1) is 9.57. The van der Waals surface area contributed by atoms with Crippen LogP contribution in [0, 0.1) is 11.2 Å². The normalized spacial score (nSPS) is 12.3. The smallest absolute Gasteiger partial charge is 0.396 e. The maximum Gasteiger partial charge on any atom is 0.417 e. The number of rotatable bonds is 5. The molecule has 0 aromatic heterocycles. The minimum Gasteiger partial charge on any atom is -0.396 e. The lowest BCUT2D eigenvalue weighted by atomic mass is 9.89. The number of alkyl halides is 3. The zero-order valence-corrected chi connectivity index (χ0v) is 11.7. The number of hydrogen-bond acceptors (Lipinski definition) is 2. The summed E-state index contributed by atoms with van der Waals surface area (Å²) in [6, 6.07) is 1.92. The van der Waals surface area contributed by atoms with Gasteiger partial charge in [-0.05, 0) is 30.0 Å². The van der Waals surface area contributed by atoms with Crippen LogP contribution in [0.3, 0.4) is 0 Å². The molecule has 118 valence electrons. The fourth-order valence-electron chi connectivity index (χ4n) is 1.75. The molecule has 0 aliphatic heterocycles. The van der Waals surface area contributed by atoms with Crippen LogP contribution in [0.2, 0.25) is 0 Å². The monoisotopic (exact) mass is 307 g/mol. The van der Waals surface area contributed by atoms with Crippen molar-refractivity contribution < 1.29 is 27.5 Å². The van der Waals surface area contributed by atoms with Crippen molar-refractivity contribution in [1.82, 2.24) is 5.32 Å². The van der Waals surface area contributed by atoms with Gasteiger partial charge in [-0.1, -0.05) is 13.8 Å². The highest BCUT2D eigenvalue weighted by Crippen LogP contribution is 2.32. The number of amides is 1. The van der Waals surface area contributed by atoms with Crippen LogP contribution >= 0.6 is 0 Å². The predicted octanol–water partition coefficient (Wildman–Crippen LogP) is 2.98. The van der Waals surface area contributed by atoms with E-state index in [-0.39, 0.29) is 13.2 Å². The summed E-state index contributed by atoms with van der Waals surface area (Å²) in [6.07, 6.45) is -4.42. The Balaban J connectivity index is 2.93. The number of carbonyl (C=O) groups excluding carboxylic acids is 1. The summed E-state index contributed by atoms with van der Waals surface area (Å²) in [5, 5.41) is 11.2. The van der Waals surface area contributed by atoms with Crippen molar-refractivity contribution in [3.05, 3.63) is 35.1 Å². The van der Waals surface area contributed by atoms with E-state index in [4.69, 9.17) is 5.11 Å². The number of carbonyl (C=O) groups is 1. The zero-order valence-electron chi connectivity index (χ0n) is 11.7. The molecule has 0 spiro atoms. The summed E-state index contributed by atoms with van der Waals surface area (Å²) in [5.74, 6) is -1.98. The van der Waals surface area contributed by atoms with Crippen LogP contribution in [-0.4, -0.2) is 24.2 Å². The molecule has 0 atom stereocenters. The first-order valence-corrected chi connectivity index (χ1v) is 6.32. The molecule has 0 fully saturated rings. The molecule has 21 heavy (non-hydrogen) atoms. The number of halogens is 4. The second-order valence-corrected chi connectivity index (χ2v) is 5.51. The first kappa shape index (κ1) is 17.4. The molecule has 7 heteroatoms. The van der Waals surface area contributed by atoms with Gasteiger partial charge in [0.05, 0.1) is 11.1 Å². The molecule has 0 radical (unpaired) electrons. The largest absolute Gasteiger partial charge is 0.417 e. The Morgan fingerprint density at radius 2 is 1.90 bits per heavy atom. The van der Waals surface area contributed by atoms with E-state index in [2.05, 4.69) is 5.32 Å². The third-order valence-electron chi connectivity index (χ3n) is 3.05. The van der Waals surface area contributed by atoms with Crippen LogP contribution in [0.1, 0.15) is 36.2 Å². The van der Waals surface area contributed by atoms with Crippen molar-refractivity contribution in [2.75, 3.05) is 13.2 Å². The van der Waals surface area contributed by atoms with Gasteiger partial charge >= 0.3 is 6.18 Å². The van der Waals surface area contributed by atoms with Crippen LogP contribution in [0.4, 0.5) is 17.6 Å². The lowest BCUT2D eigenvalue weighted by molar-refractivity contribution is -0.138. The summed E-state index contributed by atoms with van der Waals surface area (Å²) in [4.78, 5) is 11.9. The molecule has 1 rings (SSSR count). The van der Waals surface area contributed by atoms with Crippen LogP contribution in [-0.2, 0) is 6.18 Å². The quantitative estimate of drug-likeness (QED) is 0.822. The van der Waals surface area contributed by atoms with Crippen molar-refractivity contribution in [1.29, 1.82) is 0 Å². The standard InChI is InChI=1S/C14H17F4NO2/c1-13(2,5-6-20)8-19-12(21)10-4-3-9(15)7-11(10)14(16,17)18/h3-4,7,20H,5-6,8H2,1-2H3,(H,19,21). The van der Waals surface area contributed by atoms with Gasteiger partial charge in [-0.3, -0.25) is 4.79 Å². The SMILES string of the molecule is CC(C)(CCO)CNC(=O)c1ccc(F)cc1C(F)(F)F. The van der Waals surface area contributed by atoms with Gasteiger partial charge < -0.3 is 10.4 Å². The molecule has 0 saturated heterocycles. The maximum atomic E-state index is 13.0. The number of nitrogens with one attached hydrogen (secondary N) is 1. The van der Waals surface area contributed by atoms with Gasteiger partial charge in [0.2, 0.25) is 0 Å². The summed E-state index contributed by atoms with van der Waals surface area (Å²) < 4.78 is 51.4. The molecule has 0 aliphatic rings. The fourth-order valence-corrected chi connectivity index (χ4v) is 1.75.